The molecule has 0 bridgehead atoms. The maximum atomic E-state index is 4.71. The number of anilines is 2. The van der Waals surface area contributed by atoms with E-state index in [4.69, 9.17) is 4.98 Å². The molecule has 0 N–H and O–H groups in total. The lowest BCUT2D eigenvalue weighted by Gasteiger charge is -2.37. The summed E-state index contributed by atoms with van der Waals surface area (Å²) in [5.74, 6) is 1.06. The highest BCUT2D eigenvalue weighted by Crippen LogP contribution is 2.38. The molecule has 5 heteroatoms. The van der Waals surface area contributed by atoms with E-state index in [9.17, 15) is 0 Å². The number of piperazine rings is 1. The summed E-state index contributed by atoms with van der Waals surface area (Å²) < 4.78 is 0. The average molecular weight is 387 g/mol. The van der Waals surface area contributed by atoms with E-state index in [1.165, 1.54) is 27.8 Å². The third-order valence-corrected chi connectivity index (χ3v) is 6.36. The van der Waals surface area contributed by atoms with Crippen LogP contribution < -0.4 is 9.80 Å². The first-order chi connectivity index (χ1) is 13.8. The Morgan fingerprint density at radius 1 is 0.821 bits per heavy atom. The van der Waals surface area contributed by atoms with Crippen LogP contribution in [-0.4, -0.2) is 36.1 Å². The minimum Gasteiger partial charge on any atom is -0.368 e. The fourth-order valence-electron chi connectivity index (χ4n) is 4.01. The molecular formula is C23H22N4S. The highest BCUT2D eigenvalue weighted by molar-refractivity contribution is 7.17. The molecule has 5 rings (SSSR count). The van der Waals surface area contributed by atoms with E-state index in [1.54, 1.807) is 17.7 Å². The van der Waals surface area contributed by atoms with Crippen molar-refractivity contribution in [1.82, 2.24) is 9.97 Å². The topological polar surface area (TPSA) is 32.3 Å². The van der Waals surface area contributed by atoms with Crippen molar-refractivity contribution in [1.29, 1.82) is 0 Å². The zero-order valence-corrected chi connectivity index (χ0v) is 16.7. The number of hydrogen-bond donors (Lipinski definition) is 0. The lowest BCUT2D eigenvalue weighted by Crippen LogP contribution is -2.47. The molecule has 0 aliphatic carbocycles. The van der Waals surface area contributed by atoms with E-state index in [1.807, 2.05) is 0 Å². The Morgan fingerprint density at radius 2 is 1.54 bits per heavy atom. The standard InChI is InChI=1S/C23H22N4S/c1-17-7-5-6-10-20(17)26-11-13-27(14-12-26)22-21-19(18-8-3-2-4-9-18)15-28-23(21)25-16-24-22/h2-10,15-16H,11-14H2,1H3. The molecule has 2 aromatic heterocycles. The van der Waals surface area contributed by atoms with Gasteiger partial charge >= 0.3 is 0 Å². The Kier molecular flexibility index (Phi) is 4.45. The van der Waals surface area contributed by atoms with Gasteiger partial charge in [0.25, 0.3) is 0 Å². The number of para-hydroxylation sites is 1. The summed E-state index contributed by atoms with van der Waals surface area (Å²) >= 11 is 1.70. The van der Waals surface area contributed by atoms with Crippen molar-refractivity contribution in [3.8, 4) is 11.1 Å². The fraction of sp³-hybridized carbons (Fsp3) is 0.217. The number of aromatic nitrogens is 2. The Bertz CT molecular complexity index is 1100. The Morgan fingerprint density at radius 3 is 2.32 bits per heavy atom. The van der Waals surface area contributed by atoms with E-state index >= 15 is 0 Å². The summed E-state index contributed by atoms with van der Waals surface area (Å²) in [5, 5.41) is 3.39. The van der Waals surface area contributed by atoms with E-state index in [0.717, 1.165) is 36.8 Å². The SMILES string of the molecule is Cc1ccccc1N1CCN(c2ncnc3scc(-c4ccccc4)c23)CC1. The highest BCUT2D eigenvalue weighted by atomic mass is 32.1. The summed E-state index contributed by atoms with van der Waals surface area (Å²) in [4.78, 5) is 15.2. The summed E-state index contributed by atoms with van der Waals surface area (Å²) in [6.07, 6.45) is 1.71. The van der Waals surface area contributed by atoms with Gasteiger partial charge in [-0.25, -0.2) is 9.97 Å². The molecule has 2 aromatic carbocycles. The second-order valence-electron chi connectivity index (χ2n) is 7.15. The quantitative estimate of drug-likeness (QED) is 0.496. The van der Waals surface area contributed by atoms with Crippen LogP contribution >= 0.6 is 11.3 Å². The van der Waals surface area contributed by atoms with Gasteiger partial charge in [-0.2, -0.15) is 0 Å². The molecule has 1 saturated heterocycles. The van der Waals surface area contributed by atoms with Gasteiger partial charge in [-0.05, 0) is 24.1 Å². The van der Waals surface area contributed by atoms with E-state index < -0.39 is 0 Å². The third kappa shape index (κ3) is 3.02. The van der Waals surface area contributed by atoms with Crippen LogP contribution in [0.5, 0.6) is 0 Å². The van der Waals surface area contributed by atoms with Gasteiger partial charge in [0.15, 0.2) is 0 Å². The monoisotopic (exact) mass is 386 g/mol. The van der Waals surface area contributed by atoms with Gasteiger partial charge in [0.1, 0.15) is 17.0 Å². The normalized spacial score (nSPS) is 14.6. The molecule has 4 nitrogen and oxygen atoms in total. The summed E-state index contributed by atoms with van der Waals surface area (Å²) in [6.45, 7) is 6.12. The first-order valence-electron chi connectivity index (χ1n) is 9.64. The van der Waals surface area contributed by atoms with Gasteiger partial charge in [0.2, 0.25) is 0 Å². The maximum absolute atomic E-state index is 4.71. The molecule has 0 spiro atoms. The Labute approximate surface area is 169 Å². The molecule has 4 aromatic rings. The number of aryl methyl sites for hydroxylation is 1. The number of benzene rings is 2. The first-order valence-corrected chi connectivity index (χ1v) is 10.5. The van der Waals surface area contributed by atoms with Crippen molar-refractivity contribution in [2.24, 2.45) is 0 Å². The van der Waals surface area contributed by atoms with Gasteiger partial charge in [0, 0.05) is 42.8 Å². The number of nitrogens with zero attached hydrogens (tertiary/aromatic N) is 4. The second-order valence-corrected chi connectivity index (χ2v) is 8.01. The van der Waals surface area contributed by atoms with Crippen molar-refractivity contribution < 1.29 is 0 Å². The van der Waals surface area contributed by atoms with Crippen LogP contribution in [0.2, 0.25) is 0 Å². The molecule has 0 radical (unpaired) electrons. The van der Waals surface area contributed by atoms with Crippen molar-refractivity contribution in [2.45, 2.75) is 6.92 Å². The molecule has 0 saturated carbocycles. The average Bonchev–Trinajstić information content (AvgIpc) is 3.19. The van der Waals surface area contributed by atoms with Crippen LogP contribution in [0.1, 0.15) is 5.56 Å². The fourth-order valence-corrected chi connectivity index (χ4v) is 4.92. The van der Waals surface area contributed by atoms with Crippen molar-refractivity contribution in [3.05, 3.63) is 71.9 Å². The van der Waals surface area contributed by atoms with Crippen molar-refractivity contribution in [3.63, 3.8) is 0 Å². The lowest BCUT2D eigenvalue weighted by atomic mass is 10.1. The third-order valence-electron chi connectivity index (χ3n) is 5.47. The van der Waals surface area contributed by atoms with Crippen LogP contribution in [0.3, 0.4) is 0 Å². The summed E-state index contributed by atoms with van der Waals surface area (Å²) in [5.41, 5.74) is 5.14. The highest BCUT2D eigenvalue weighted by Gasteiger charge is 2.23. The minimum absolute atomic E-state index is 0.963. The molecule has 3 heterocycles. The zero-order valence-electron chi connectivity index (χ0n) is 15.9. The molecule has 28 heavy (non-hydrogen) atoms. The van der Waals surface area contributed by atoms with Crippen molar-refractivity contribution >= 4 is 33.1 Å². The molecule has 140 valence electrons. The van der Waals surface area contributed by atoms with Gasteiger partial charge in [0.05, 0.1) is 5.39 Å². The van der Waals surface area contributed by atoms with E-state index in [-0.39, 0.29) is 0 Å². The Hall–Kier alpha value is -2.92. The van der Waals surface area contributed by atoms with Crippen LogP contribution in [0, 0.1) is 6.92 Å². The van der Waals surface area contributed by atoms with Gasteiger partial charge < -0.3 is 9.80 Å². The molecule has 0 atom stereocenters. The van der Waals surface area contributed by atoms with Crippen LogP contribution in [-0.2, 0) is 0 Å². The number of fused-ring (bicyclic) bond motifs is 1. The maximum Gasteiger partial charge on any atom is 0.141 e. The van der Waals surface area contributed by atoms with Crippen molar-refractivity contribution in [2.75, 3.05) is 36.0 Å². The minimum atomic E-state index is 0.963. The first kappa shape index (κ1) is 17.2. The predicted molar refractivity (Wildman–Crippen MR) is 118 cm³/mol. The van der Waals surface area contributed by atoms with E-state index in [0.29, 0.717) is 0 Å². The second kappa shape index (κ2) is 7.24. The smallest absolute Gasteiger partial charge is 0.141 e. The molecule has 1 aliphatic heterocycles. The van der Waals surface area contributed by atoms with Crippen LogP contribution in [0.25, 0.3) is 21.3 Å². The molecular weight excluding hydrogens is 364 g/mol. The Balaban J connectivity index is 1.46. The number of hydrogen-bond acceptors (Lipinski definition) is 5. The largest absolute Gasteiger partial charge is 0.368 e. The number of rotatable bonds is 3. The predicted octanol–water partition coefficient (Wildman–Crippen LogP) is 4.99. The van der Waals surface area contributed by atoms with Gasteiger partial charge in [-0.15, -0.1) is 11.3 Å². The molecule has 1 fully saturated rings. The molecule has 1 aliphatic rings. The number of thiophene rings is 1. The lowest BCUT2D eigenvalue weighted by molar-refractivity contribution is 0.648. The van der Waals surface area contributed by atoms with Gasteiger partial charge in [-0.1, -0.05) is 48.5 Å². The van der Waals surface area contributed by atoms with Gasteiger partial charge in [-0.3, -0.25) is 0 Å². The zero-order chi connectivity index (χ0) is 18.9. The van der Waals surface area contributed by atoms with E-state index in [2.05, 4.69) is 81.7 Å². The van der Waals surface area contributed by atoms with Crippen LogP contribution in [0.15, 0.2) is 66.3 Å². The van der Waals surface area contributed by atoms with Crippen LogP contribution in [0.4, 0.5) is 11.5 Å². The molecule has 0 amide bonds. The molecule has 0 unspecified atom stereocenters. The summed E-state index contributed by atoms with van der Waals surface area (Å²) in [6, 6.07) is 19.2. The summed E-state index contributed by atoms with van der Waals surface area (Å²) in [7, 11) is 0.